The van der Waals surface area contributed by atoms with Gasteiger partial charge in [0.05, 0.1) is 0 Å². The molecule has 0 atom stereocenters. The lowest BCUT2D eigenvalue weighted by atomic mass is 10.0. The largest absolute Gasteiger partial charge is 0.481 e. The minimum Gasteiger partial charge on any atom is -0.481 e. The third kappa shape index (κ3) is 46.6. The predicted octanol–water partition coefficient (Wildman–Crippen LogP) is 10.2. The van der Waals surface area contributed by atoms with Gasteiger partial charge in [0.25, 0.3) is 0 Å². The number of hydrogen-bond donors (Lipinski definition) is 3. The molecule has 0 fully saturated rings. The van der Waals surface area contributed by atoms with Gasteiger partial charge in [-0.2, -0.15) is 0 Å². The highest BCUT2D eigenvalue weighted by atomic mass is 16.4. The van der Waals surface area contributed by atoms with Crippen molar-refractivity contribution < 1.29 is 19.8 Å². The second-order valence-electron chi connectivity index (χ2n) is 9.75. The molecule has 0 heterocycles. The van der Waals surface area contributed by atoms with Crippen LogP contribution in [-0.2, 0) is 9.59 Å². The lowest BCUT2D eigenvalue weighted by molar-refractivity contribution is -0.136. The van der Waals surface area contributed by atoms with Crippen LogP contribution in [-0.4, -0.2) is 27.9 Å². The molecular formula is C30H61NO4. The van der Waals surface area contributed by atoms with Gasteiger partial charge in [0.15, 0.2) is 0 Å². The number of unbranched alkanes of at least 4 members (excludes halogenated alkanes) is 21. The van der Waals surface area contributed by atoms with Gasteiger partial charge in [-0.3, -0.25) is 10.2 Å². The van der Waals surface area contributed by atoms with Crippen molar-refractivity contribution in [2.24, 2.45) is 0 Å². The van der Waals surface area contributed by atoms with Gasteiger partial charge in [0.2, 0.25) is 0 Å². The van der Waals surface area contributed by atoms with Gasteiger partial charge in [-0.1, -0.05) is 162 Å². The number of carboxylic acid groups (broad SMARTS) is 2. The minimum atomic E-state index is -1.16. The molecule has 0 aliphatic carbocycles. The third-order valence-corrected chi connectivity index (χ3v) is 6.08. The van der Waals surface area contributed by atoms with Crippen LogP contribution in [0.5, 0.6) is 0 Å². The highest BCUT2D eigenvalue weighted by molar-refractivity contribution is 6.33. The van der Waals surface area contributed by atoms with Crippen LogP contribution in [0.25, 0.3) is 0 Å². The minimum absolute atomic E-state index is 0.222. The van der Waals surface area contributed by atoms with Crippen molar-refractivity contribution >= 4 is 17.7 Å². The lowest BCUT2D eigenvalue weighted by Gasteiger charge is -2.04. The summed E-state index contributed by atoms with van der Waals surface area (Å²) in [6.07, 6.45) is 32.6. The van der Waals surface area contributed by atoms with E-state index in [1.807, 2.05) is 0 Å². The van der Waals surface area contributed by atoms with E-state index in [-0.39, 0.29) is 12.1 Å². The zero-order valence-corrected chi connectivity index (χ0v) is 24.0. The first-order valence-electron chi connectivity index (χ1n) is 14.8. The molecule has 0 aliphatic heterocycles. The Labute approximate surface area is 218 Å². The van der Waals surface area contributed by atoms with Crippen LogP contribution in [0.1, 0.15) is 175 Å². The molecule has 5 heteroatoms. The second kappa shape index (κ2) is 34.8. The molecule has 0 saturated heterocycles. The van der Waals surface area contributed by atoms with Crippen LogP contribution in [0.15, 0.2) is 0 Å². The van der Waals surface area contributed by atoms with E-state index in [9.17, 15) is 9.59 Å². The zero-order chi connectivity index (χ0) is 27.0. The Bertz CT molecular complexity index is 418. The molecule has 0 saturated carbocycles. The maximum absolute atomic E-state index is 9.47. The molecule has 0 aromatic rings. The van der Waals surface area contributed by atoms with Crippen LogP contribution in [0, 0.1) is 5.41 Å². The fraction of sp³-hybridized carbons (Fsp3) is 0.900. The summed E-state index contributed by atoms with van der Waals surface area (Å²) in [5.41, 5.74) is -0.324. The van der Waals surface area contributed by atoms with E-state index in [2.05, 4.69) is 13.8 Å². The van der Waals surface area contributed by atoms with E-state index in [1.54, 1.807) is 6.92 Å². The number of carbonyl (C=O) groups is 2. The maximum Gasteiger partial charge on any atom is 0.349 e. The topological polar surface area (TPSA) is 98.5 Å². The Morgan fingerprint density at radius 3 is 0.714 bits per heavy atom. The summed E-state index contributed by atoms with van der Waals surface area (Å²) >= 11 is 0. The normalized spacial score (nSPS) is 10.1. The summed E-state index contributed by atoms with van der Waals surface area (Å²) in [7, 11) is 0. The smallest absolute Gasteiger partial charge is 0.349 e. The van der Waals surface area contributed by atoms with Crippen LogP contribution < -0.4 is 0 Å². The highest BCUT2D eigenvalue weighted by Gasteiger charge is 1.95. The first-order valence-corrected chi connectivity index (χ1v) is 14.8. The Hall–Kier alpha value is -1.39. The number of rotatable bonds is 23. The fourth-order valence-corrected chi connectivity index (χ4v) is 3.68. The third-order valence-electron chi connectivity index (χ3n) is 6.08. The Morgan fingerprint density at radius 2 is 0.629 bits per heavy atom. The second-order valence-corrected chi connectivity index (χ2v) is 9.75. The molecule has 0 aromatic carbocycles. The molecular weight excluding hydrogens is 438 g/mol. The van der Waals surface area contributed by atoms with Gasteiger partial charge in [0.1, 0.15) is 5.71 Å². The molecule has 5 nitrogen and oxygen atoms in total. The van der Waals surface area contributed by atoms with Crippen LogP contribution in [0.3, 0.4) is 0 Å². The lowest BCUT2D eigenvalue weighted by Crippen LogP contribution is -2.04. The van der Waals surface area contributed by atoms with Crippen LogP contribution in [0.2, 0.25) is 0 Å². The summed E-state index contributed by atoms with van der Waals surface area (Å²) in [6.45, 7) is 7.43. The monoisotopic (exact) mass is 499 g/mol. The fourth-order valence-electron chi connectivity index (χ4n) is 3.68. The number of aliphatic carboxylic acids is 2. The Kier molecular flexibility index (Phi) is 37.9. The van der Waals surface area contributed by atoms with Crippen LogP contribution in [0.4, 0.5) is 0 Å². The summed E-state index contributed by atoms with van der Waals surface area (Å²) in [4.78, 5) is 18.8. The molecule has 210 valence electrons. The molecule has 0 radical (unpaired) electrons. The van der Waals surface area contributed by atoms with E-state index in [1.165, 1.54) is 148 Å². The molecule has 0 rings (SSSR count). The van der Waals surface area contributed by atoms with Crippen molar-refractivity contribution in [2.75, 3.05) is 0 Å². The molecule has 0 spiro atoms. The van der Waals surface area contributed by atoms with Crippen molar-refractivity contribution in [1.29, 1.82) is 5.41 Å². The summed E-state index contributed by atoms with van der Waals surface area (Å²) in [6, 6.07) is 0. The summed E-state index contributed by atoms with van der Waals surface area (Å²) in [5.74, 6) is -1.90. The van der Waals surface area contributed by atoms with Crippen molar-refractivity contribution in [3.63, 3.8) is 0 Å². The molecule has 0 aromatic heterocycles. The standard InChI is InChI=1S/C24H50.C3H5NO2.C3H6O2/c1-3-5-7-9-11-13-15-17-19-21-23-24-22-20-18-16-14-12-10-8-6-4-2;1-2(4)3(5)6;1-2-3(4)5/h3-24H2,1-2H3;4H,1H3,(H,5,6);2H2,1H3,(H,4,5). The first kappa shape index (κ1) is 38.1. The molecule has 0 bridgehead atoms. The van der Waals surface area contributed by atoms with Crippen LogP contribution >= 0.6 is 0 Å². The van der Waals surface area contributed by atoms with Gasteiger partial charge < -0.3 is 10.2 Å². The highest BCUT2D eigenvalue weighted by Crippen LogP contribution is 2.15. The van der Waals surface area contributed by atoms with Gasteiger partial charge in [-0.25, -0.2) is 4.79 Å². The summed E-state index contributed by atoms with van der Waals surface area (Å²) < 4.78 is 0. The van der Waals surface area contributed by atoms with Crippen molar-refractivity contribution in [2.45, 2.75) is 175 Å². The van der Waals surface area contributed by atoms with Crippen molar-refractivity contribution in [1.82, 2.24) is 0 Å². The molecule has 0 unspecified atom stereocenters. The van der Waals surface area contributed by atoms with Gasteiger partial charge in [0, 0.05) is 6.42 Å². The van der Waals surface area contributed by atoms with Gasteiger partial charge in [-0.15, -0.1) is 0 Å². The van der Waals surface area contributed by atoms with Crippen molar-refractivity contribution in [3.8, 4) is 0 Å². The SMILES string of the molecule is CC(=N)C(=O)O.CCC(=O)O.CCCCCCCCCCCCCCCCCCCCCCCC. The zero-order valence-electron chi connectivity index (χ0n) is 24.0. The van der Waals surface area contributed by atoms with Gasteiger partial charge in [-0.05, 0) is 6.92 Å². The molecule has 0 aliphatic rings. The van der Waals surface area contributed by atoms with E-state index in [4.69, 9.17) is 15.6 Å². The quantitative estimate of drug-likeness (QED) is 0.0961. The predicted molar refractivity (Wildman–Crippen MR) is 152 cm³/mol. The van der Waals surface area contributed by atoms with E-state index in [0.29, 0.717) is 0 Å². The number of carboxylic acids is 2. The van der Waals surface area contributed by atoms with E-state index in [0.717, 1.165) is 0 Å². The first-order chi connectivity index (χ1) is 16.8. The average molecular weight is 500 g/mol. The molecule has 3 N–H and O–H groups in total. The van der Waals surface area contributed by atoms with Crippen molar-refractivity contribution in [3.05, 3.63) is 0 Å². The molecule has 35 heavy (non-hydrogen) atoms. The van der Waals surface area contributed by atoms with E-state index < -0.39 is 11.9 Å². The Balaban J connectivity index is -0.000000767. The molecule has 0 amide bonds. The number of hydrogen-bond acceptors (Lipinski definition) is 3. The Morgan fingerprint density at radius 1 is 0.486 bits per heavy atom. The van der Waals surface area contributed by atoms with E-state index >= 15 is 0 Å². The van der Waals surface area contributed by atoms with Gasteiger partial charge >= 0.3 is 11.9 Å². The average Bonchev–Trinajstić information content (AvgIpc) is 2.83. The maximum atomic E-state index is 9.47. The summed E-state index contributed by atoms with van der Waals surface area (Å²) in [5, 5.41) is 21.8. The number of nitrogens with one attached hydrogen (secondary N) is 1.